The van der Waals surface area contributed by atoms with Crippen LogP contribution < -0.4 is 10.5 Å². The van der Waals surface area contributed by atoms with E-state index in [9.17, 15) is 0 Å². The lowest BCUT2D eigenvalue weighted by molar-refractivity contribution is 0.316. The third-order valence-corrected chi connectivity index (χ3v) is 4.04. The van der Waals surface area contributed by atoms with Crippen molar-refractivity contribution in [3.05, 3.63) is 36.2 Å². The zero-order chi connectivity index (χ0) is 17.1. The number of fused-ring (bicyclic) bond motifs is 3. The molecule has 0 bridgehead atoms. The number of methoxy groups -OCH3 is 1. The van der Waals surface area contributed by atoms with Crippen LogP contribution in [0.2, 0.25) is 0 Å². The number of aromatic nitrogens is 2. The molecule has 0 atom stereocenters. The third-order valence-electron chi connectivity index (χ3n) is 4.04. The first-order chi connectivity index (χ1) is 11.7. The molecule has 0 aliphatic carbocycles. The fourth-order valence-electron chi connectivity index (χ4n) is 2.99. The van der Waals surface area contributed by atoms with E-state index in [0.717, 1.165) is 33.9 Å². The van der Waals surface area contributed by atoms with Crippen LogP contribution >= 0.6 is 0 Å². The molecule has 3 N–H and O–H groups in total. The first kappa shape index (κ1) is 13.9. The molecule has 1 aromatic carbocycles. The van der Waals surface area contributed by atoms with E-state index in [-0.39, 0.29) is 12.9 Å². The van der Waals surface area contributed by atoms with E-state index < -0.39 is 0 Å². The van der Waals surface area contributed by atoms with Crippen LogP contribution in [-0.2, 0) is 6.54 Å². The molecule has 6 nitrogen and oxygen atoms in total. The minimum Gasteiger partial charge on any atom is -0.497 e. The summed E-state index contributed by atoms with van der Waals surface area (Å²) in [4.78, 5) is 4.41. The Morgan fingerprint density at radius 1 is 1.43 bits per heavy atom. The van der Waals surface area contributed by atoms with Crippen LogP contribution in [0.3, 0.4) is 0 Å². The highest BCUT2D eigenvalue weighted by Crippen LogP contribution is 2.32. The fourth-order valence-corrected chi connectivity index (χ4v) is 2.99. The number of hydrogen-bond acceptors (Lipinski definition) is 4. The van der Waals surface area contributed by atoms with Gasteiger partial charge in [-0.05, 0) is 31.5 Å². The predicted octanol–water partition coefficient (Wildman–Crippen LogP) is 3.03. The molecule has 0 fully saturated rings. The summed E-state index contributed by atoms with van der Waals surface area (Å²) in [6.07, 6.45) is 3.07. The van der Waals surface area contributed by atoms with Crippen molar-refractivity contribution in [2.45, 2.75) is 26.3 Å². The molecule has 0 amide bonds. The fraction of sp³-hybridized carbons (Fsp3) is 0.294. The Kier molecular flexibility index (Phi) is 3.71. The van der Waals surface area contributed by atoms with Gasteiger partial charge in [-0.3, -0.25) is 4.98 Å². The van der Waals surface area contributed by atoms with Crippen LogP contribution in [0.1, 0.15) is 19.9 Å². The molecule has 2 heterocycles. The molecule has 3 rings (SSSR count). The van der Waals surface area contributed by atoms with Crippen LogP contribution in [0.4, 0.5) is 0 Å². The first-order valence-electron chi connectivity index (χ1n) is 8.12. The second-order valence-electron chi connectivity index (χ2n) is 5.46. The van der Waals surface area contributed by atoms with Crippen molar-refractivity contribution in [2.75, 3.05) is 7.09 Å². The Hall–Kier alpha value is -2.76. The maximum absolute atomic E-state index is 8.69. The van der Waals surface area contributed by atoms with E-state index in [1.807, 2.05) is 37.4 Å². The second kappa shape index (κ2) is 6.16. The normalized spacial score (nSPS) is 12.7. The summed E-state index contributed by atoms with van der Waals surface area (Å²) < 4.78 is 14.7. The number of benzene rings is 1. The molecule has 0 aliphatic rings. The van der Waals surface area contributed by atoms with Gasteiger partial charge in [0.05, 0.1) is 25.2 Å². The quantitative estimate of drug-likeness (QED) is 0.328. The van der Waals surface area contributed by atoms with Crippen LogP contribution in [0.5, 0.6) is 5.75 Å². The number of nitrogens with two attached hydrogens (primary N) is 1. The molecule has 6 heteroatoms. The molecule has 120 valence electrons. The number of hydrogen-bond donors (Lipinski definition) is 2. The summed E-state index contributed by atoms with van der Waals surface area (Å²) in [5, 5.41) is 14.0. The maximum atomic E-state index is 8.69. The summed E-state index contributed by atoms with van der Waals surface area (Å²) in [6.45, 7) is 2.70. The van der Waals surface area contributed by atoms with Gasteiger partial charge in [-0.15, -0.1) is 0 Å². The minimum absolute atomic E-state index is 0.115. The summed E-state index contributed by atoms with van der Waals surface area (Å²) in [5.74, 6) is 0.896. The lowest BCUT2D eigenvalue weighted by Gasteiger charge is -2.09. The molecular weight excluding hydrogens is 292 g/mol. The zero-order valence-corrected chi connectivity index (χ0v) is 13.0. The highest BCUT2D eigenvalue weighted by Gasteiger charge is 2.13. The van der Waals surface area contributed by atoms with Crippen molar-refractivity contribution in [1.29, 1.82) is 0 Å². The van der Waals surface area contributed by atoms with Gasteiger partial charge in [0, 0.05) is 36.0 Å². The number of pyridine rings is 1. The molecule has 0 aliphatic heterocycles. The molecular formula is C17H20N4O2. The van der Waals surface area contributed by atoms with Gasteiger partial charge in [0.1, 0.15) is 11.6 Å². The van der Waals surface area contributed by atoms with Crippen molar-refractivity contribution in [1.82, 2.24) is 9.55 Å². The summed E-state index contributed by atoms with van der Waals surface area (Å²) in [5.41, 5.74) is 8.64. The molecule has 0 saturated carbocycles. The maximum Gasteiger partial charge on any atom is 0.139 e. The minimum atomic E-state index is -0.115. The second-order valence-corrected chi connectivity index (χ2v) is 5.46. The standard InChI is InChI=1S/C17H20N4O2/c1-11-17-14(7-8-19-11)13-6-5-12(23-2)10-15(13)21(17)9-3-4-16(18)20-22/h5-8,10,22H,3-4,9H2,1-2H3,(H2,18,20)/i2D. The average Bonchev–Trinajstić information content (AvgIpc) is 2.90. The van der Waals surface area contributed by atoms with Crippen LogP contribution in [-0.4, -0.2) is 27.7 Å². The van der Waals surface area contributed by atoms with Crippen molar-refractivity contribution in [3.8, 4) is 5.75 Å². The predicted molar refractivity (Wildman–Crippen MR) is 91.2 cm³/mol. The first-order valence-corrected chi connectivity index (χ1v) is 7.41. The van der Waals surface area contributed by atoms with Crippen molar-refractivity contribution in [2.24, 2.45) is 10.9 Å². The molecule has 0 saturated heterocycles. The number of aryl methyl sites for hydroxylation is 2. The Morgan fingerprint density at radius 3 is 3.09 bits per heavy atom. The number of ether oxygens (including phenoxy) is 1. The zero-order valence-electron chi connectivity index (χ0n) is 14.0. The largest absolute Gasteiger partial charge is 0.497 e. The molecule has 3 aromatic rings. The van der Waals surface area contributed by atoms with Gasteiger partial charge in [0.2, 0.25) is 0 Å². The Labute approximate surface area is 135 Å². The Balaban J connectivity index is 2.12. The molecule has 23 heavy (non-hydrogen) atoms. The van der Waals surface area contributed by atoms with E-state index in [2.05, 4.69) is 14.7 Å². The van der Waals surface area contributed by atoms with Crippen molar-refractivity contribution < 1.29 is 11.3 Å². The molecule has 2 aromatic heterocycles. The summed E-state index contributed by atoms with van der Waals surface area (Å²) in [6, 6.07) is 7.86. The van der Waals surface area contributed by atoms with E-state index in [1.54, 1.807) is 0 Å². The van der Waals surface area contributed by atoms with Crippen molar-refractivity contribution in [3.63, 3.8) is 0 Å². The highest BCUT2D eigenvalue weighted by molar-refractivity contribution is 6.09. The summed E-state index contributed by atoms with van der Waals surface area (Å²) >= 11 is 0. The van der Waals surface area contributed by atoms with Crippen LogP contribution in [0.15, 0.2) is 35.6 Å². The lowest BCUT2D eigenvalue weighted by Crippen LogP contribution is -2.12. The topological polar surface area (TPSA) is 85.7 Å². The SMILES string of the molecule is [2H]COc1ccc2c3ccnc(C)c3n(CCCC(N)=NO)c2c1. The van der Waals surface area contributed by atoms with E-state index >= 15 is 0 Å². The van der Waals surface area contributed by atoms with E-state index in [1.165, 1.54) is 0 Å². The van der Waals surface area contributed by atoms with Gasteiger partial charge in [0.15, 0.2) is 0 Å². The molecule has 0 unspecified atom stereocenters. The van der Waals surface area contributed by atoms with Gasteiger partial charge in [0.25, 0.3) is 0 Å². The molecule has 0 spiro atoms. The monoisotopic (exact) mass is 313 g/mol. The molecule has 0 radical (unpaired) electrons. The average molecular weight is 313 g/mol. The van der Waals surface area contributed by atoms with E-state index in [0.29, 0.717) is 18.7 Å². The van der Waals surface area contributed by atoms with Gasteiger partial charge >= 0.3 is 0 Å². The Bertz CT molecular complexity index is 904. The Morgan fingerprint density at radius 2 is 2.30 bits per heavy atom. The van der Waals surface area contributed by atoms with Gasteiger partial charge < -0.3 is 20.2 Å². The smallest absolute Gasteiger partial charge is 0.139 e. The lowest BCUT2D eigenvalue weighted by atomic mass is 10.1. The van der Waals surface area contributed by atoms with Crippen LogP contribution in [0, 0.1) is 6.92 Å². The van der Waals surface area contributed by atoms with Gasteiger partial charge in [-0.2, -0.15) is 0 Å². The number of rotatable bonds is 5. The van der Waals surface area contributed by atoms with Crippen LogP contribution in [0.25, 0.3) is 21.8 Å². The van der Waals surface area contributed by atoms with E-state index in [4.69, 9.17) is 17.0 Å². The number of amidine groups is 1. The van der Waals surface area contributed by atoms with Crippen molar-refractivity contribution >= 4 is 27.6 Å². The summed E-state index contributed by atoms with van der Waals surface area (Å²) in [7, 11) is -0.115. The van der Waals surface area contributed by atoms with Gasteiger partial charge in [-0.25, -0.2) is 0 Å². The number of oxime groups is 1. The number of nitrogens with zero attached hydrogens (tertiary/aromatic N) is 3. The third kappa shape index (κ3) is 2.67. The highest BCUT2D eigenvalue weighted by atomic mass is 16.5. The van der Waals surface area contributed by atoms with Gasteiger partial charge in [-0.1, -0.05) is 5.16 Å².